The van der Waals surface area contributed by atoms with E-state index in [4.69, 9.17) is 4.74 Å². The van der Waals surface area contributed by atoms with Gasteiger partial charge in [-0.1, -0.05) is 48.5 Å². The van der Waals surface area contributed by atoms with Crippen LogP contribution in [0.15, 0.2) is 12.1 Å². The molecule has 0 saturated carbocycles. The Bertz CT molecular complexity index is 663. The molecule has 0 heterocycles. The highest BCUT2D eigenvalue weighted by molar-refractivity contribution is 7.76. The van der Waals surface area contributed by atoms with Crippen LogP contribution in [0, 0.1) is 5.41 Å². The van der Waals surface area contributed by atoms with Crippen LogP contribution in [-0.4, -0.2) is 38.9 Å². The molecule has 1 rings (SSSR count). The molecule has 0 radical (unpaired) electrons. The molecule has 0 fully saturated rings. The van der Waals surface area contributed by atoms with E-state index in [1.165, 1.54) is 11.4 Å². The summed E-state index contributed by atoms with van der Waals surface area (Å²) in [6.07, 6.45) is 0.927. The Kier molecular flexibility index (Phi) is 6.94. The van der Waals surface area contributed by atoms with Crippen LogP contribution in [0.4, 0.5) is 0 Å². The first-order chi connectivity index (χ1) is 11.6. The summed E-state index contributed by atoms with van der Waals surface area (Å²) >= 11 is -2.30. The molecule has 0 aliphatic rings. The van der Waals surface area contributed by atoms with Crippen LogP contribution in [0.5, 0.6) is 11.5 Å². The first-order valence-corrected chi connectivity index (χ1v) is 9.86. The molecule has 5 nitrogen and oxygen atoms in total. The number of ether oxygens (including phenoxy) is 1. The molecule has 1 N–H and O–H groups in total. The fraction of sp³-hybridized carbons (Fsp3) is 0.700. The number of hydrogen-bond acceptors (Lipinski definition) is 4. The van der Waals surface area contributed by atoms with E-state index in [-0.39, 0.29) is 23.1 Å². The summed E-state index contributed by atoms with van der Waals surface area (Å²) in [5.74, 6) is 0.879. The number of hydrogen-bond donors (Lipinski definition) is 1. The third-order valence-corrected chi connectivity index (χ3v) is 5.26. The molecule has 6 heteroatoms. The summed E-state index contributed by atoms with van der Waals surface area (Å²) in [6.45, 7) is 14.9. The van der Waals surface area contributed by atoms with E-state index < -0.39 is 16.7 Å². The average molecular weight is 385 g/mol. The highest BCUT2D eigenvalue weighted by Gasteiger charge is 2.33. The van der Waals surface area contributed by atoms with Crippen molar-refractivity contribution in [3.63, 3.8) is 0 Å². The van der Waals surface area contributed by atoms with Crippen LogP contribution < -0.4 is 4.74 Å². The van der Waals surface area contributed by atoms with Crippen LogP contribution in [-0.2, 0) is 22.1 Å². The topological polar surface area (TPSA) is 72.8 Å². The maximum absolute atomic E-state index is 11.2. The lowest BCUT2D eigenvalue weighted by Gasteiger charge is -2.36. The molecule has 0 aromatic heterocycles. The Morgan fingerprint density at radius 1 is 1.08 bits per heavy atom. The molecule has 26 heavy (non-hydrogen) atoms. The smallest absolute Gasteiger partial charge is 0.123 e. The zero-order valence-electron chi connectivity index (χ0n) is 17.6. The standard InChI is InChI=1S/C20H35NO4S/c1-18(2,3)12-19(4,5)15-10-16(22)14(11-17(15)25-9)20(6,7)13-21(8)26(23)24/h10-11,22H,12-13H2,1-9H3,(H,23,24)/p-1. The molecule has 0 saturated heterocycles. The summed E-state index contributed by atoms with van der Waals surface area (Å²) in [6, 6.07) is 3.62. The van der Waals surface area contributed by atoms with Gasteiger partial charge in [0, 0.05) is 34.4 Å². The molecular formula is C20H34NO4S-. The first-order valence-electron chi connectivity index (χ1n) is 8.83. The Balaban J connectivity index is 3.39. The number of phenolic OH excluding ortho intramolecular Hbond substituents is 1. The molecule has 1 unspecified atom stereocenters. The molecule has 1 aromatic carbocycles. The van der Waals surface area contributed by atoms with Gasteiger partial charge in [0.25, 0.3) is 0 Å². The second-order valence-electron chi connectivity index (χ2n) is 9.58. The number of methoxy groups -OCH3 is 1. The number of phenols is 1. The third kappa shape index (κ3) is 5.69. The van der Waals surface area contributed by atoms with E-state index in [2.05, 4.69) is 34.6 Å². The molecular weight excluding hydrogens is 350 g/mol. The lowest BCUT2D eigenvalue weighted by atomic mass is 9.71. The van der Waals surface area contributed by atoms with Crippen molar-refractivity contribution in [2.75, 3.05) is 20.7 Å². The lowest BCUT2D eigenvalue weighted by Crippen LogP contribution is -2.35. The van der Waals surface area contributed by atoms with Gasteiger partial charge in [-0.3, -0.25) is 4.21 Å². The van der Waals surface area contributed by atoms with Crippen LogP contribution in [0.1, 0.15) is 66.0 Å². The Hall–Kier alpha value is -1.11. The Morgan fingerprint density at radius 2 is 1.62 bits per heavy atom. The summed E-state index contributed by atoms with van der Waals surface area (Å²) in [7, 11) is 3.14. The zero-order chi connectivity index (χ0) is 20.5. The van der Waals surface area contributed by atoms with Crippen molar-refractivity contribution in [1.82, 2.24) is 4.31 Å². The van der Waals surface area contributed by atoms with Gasteiger partial charge in [-0.15, -0.1) is 0 Å². The predicted molar refractivity (Wildman–Crippen MR) is 106 cm³/mol. The second-order valence-corrected chi connectivity index (χ2v) is 10.6. The monoisotopic (exact) mass is 384 g/mol. The van der Waals surface area contributed by atoms with Gasteiger partial charge in [0.2, 0.25) is 0 Å². The number of nitrogens with zero attached hydrogens (tertiary/aromatic N) is 1. The minimum absolute atomic E-state index is 0.128. The van der Waals surface area contributed by atoms with Gasteiger partial charge < -0.3 is 14.4 Å². The maximum atomic E-state index is 11.2. The highest BCUT2D eigenvalue weighted by Crippen LogP contribution is 2.44. The van der Waals surface area contributed by atoms with Crippen molar-refractivity contribution in [1.29, 1.82) is 0 Å². The Labute approximate surface area is 161 Å². The molecule has 0 aliphatic carbocycles. The predicted octanol–water partition coefficient (Wildman–Crippen LogP) is 4.12. The quantitative estimate of drug-likeness (QED) is 0.718. The van der Waals surface area contributed by atoms with Crippen LogP contribution in [0.3, 0.4) is 0 Å². The van der Waals surface area contributed by atoms with Crippen molar-refractivity contribution in [3.05, 3.63) is 23.3 Å². The summed E-state index contributed by atoms with van der Waals surface area (Å²) in [4.78, 5) is 0. The maximum Gasteiger partial charge on any atom is 0.123 e. The van der Waals surface area contributed by atoms with Crippen molar-refractivity contribution >= 4 is 11.3 Å². The third-order valence-electron chi connectivity index (χ3n) is 4.62. The van der Waals surface area contributed by atoms with Crippen molar-refractivity contribution in [2.24, 2.45) is 5.41 Å². The van der Waals surface area contributed by atoms with Crippen molar-refractivity contribution in [3.8, 4) is 11.5 Å². The fourth-order valence-electron chi connectivity index (χ4n) is 3.92. The SMILES string of the molecule is COc1cc(C(C)(C)CN(C)S(=O)[O-])c(O)cc1C(C)(C)CC(C)(C)C. The van der Waals surface area contributed by atoms with Gasteiger partial charge in [0.15, 0.2) is 0 Å². The second kappa shape index (κ2) is 7.87. The van der Waals surface area contributed by atoms with Gasteiger partial charge in [0.05, 0.1) is 7.11 Å². The van der Waals surface area contributed by atoms with Gasteiger partial charge in [-0.2, -0.15) is 0 Å². The van der Waals surface area contributed by atoms with E-state index in [0.717, 1.165) is 12.0 Å². The minimum atomic E-state index is -2.30. The molecule has 0 bridgehead atoms. The number of aromatic hydroxyl groups is 1. The normalized spacial score (nSPS) is 14.6. The van der Waals surface area contributed by atoms with Crippen molar-refractivity contribution < 1.29 is 18.6 Å². The van der Waals surface area contributed by atoms with Gasteiger partial charge in [-0.05, 0) is 36.4 Å². The minimum Gasteiger partial charge on any atom is -0.760 e. The van der Waals surface area contributed by atoms with Crippen LogP contribution in [0.25, 0.3) is 0 Å². The van der Waals surface area contributed by atoms with Crippen LogP contribution in [0.2, 0.25) is 0 Å². The average Bonchev–Trinajstić information content (AvgIpc) is 2.43. The molecule has 0 amide bonds. The van der Waals surface area contributed by atoms with Crippen molar-refractivity contribution in [2.45, 2.75) is 65.7 Å². The number of rotatable bonds is 7. The van der Waals surface area contributed by atoms with Gasteiger partial charge >= 0.3 is 0 Å². The van der Waals surface area contributed by atoms with Crippen LogP contribution >= 0.6 is 0 Å². The molecule has 1 aromatic rings. The first kappa shape index (κ1) is 22.9. The zero-order valence-corrected chi connectivity index (χ0v) is 18.4. The highest BCUT2D eigenvalue weighted by atomic mass is 32.2. The molecule has 1 atom stereocenters. The Morgan fingerprint density at radius 3 is 2.04 bits per heavy atom. The number of likely N-dealkylation sites (N-methyl/N-ethyl adjacent to an activating group) is 1. The van der Waals surface area contributed by atoms with E-state index >= 15 is 0 Å². The summed E-state index contributed by atoms with van der Waals surface area (Å²) in [5, 5.41) is 10.7. The van der Waals surface area contributed by atoms with E-state index in [1.807, 2.05) is 19.9 Å². The molecule has 0 aliphatic heterocycles. The summed E-state index contributed by atoms with van der Waals surface area (Å²) in [5.41, 5.74) is 0.994. The van der Waals surface area contributed by atoms with E-state index in [0.29, 0.717) is 11.3 Å². The molecule has 0 spiro atoms. The fourth-order valence-corrected chi connectivity index (χ4v) is 4.35. The number of benzene rings is 1. The largest absolute Gasteiger partial charge is 0.760 e. The summed E-state index contributed by atoms with van der Waals surface area (Å²) < 4.78 is 29.2. The van der Waals surface area contributed by atoms with E-state index in [9.17, 15) is 13.9 Å². The van der Waals surface area contributed by atoms with Gasteiger partial charge in [-0.25, -0.2) is 4.31 Å². The van der Waals surface area contributed by atoms with Gasteiger partial charge in [0.1, 0.15) is 11.5 Å². The lowest BCUT2D eigenvalue weighted by molar-refractivity contribution is 0.275. The van der Waals surface area contributed by atoms with E-state index in [1.54, 1.807) is 13.2 Å². The molecule has 150 valence electrons.